The molecule has 42 heavy (non-hydrogen) atoms. The molecule has 1 rings (SSSR count). The first-order valence-corrected chi connectivity index (χ1v) is 17.7. The summed E-state index contributed by atoms with van der Waals surface area (Å²) in [4.78, 5) is 12.1. The molecular weight excluding hydrogens is 526 g/mol. The highest BCUT2D eigenvalue weighted by Gasteiger charge is 2.44. The summed E-state index contributed by atoms with van der Waals surface area (Å²) >= 11 is 0. The van der Waals surface area contributed by atoms with Crippen molar-refractivity contribution in [1.29, 1.82) is 0 Å². The molecule has 1 aliphatic rings. The van der Waals surface area contributed by atoms with E-state index in [1.54, 1.807) is 0 Å². The Hall–Kier alpha value is -0.690. The Morgan fingerprint density at radius 1 is 0.714 bits per heavy atom. The Bertz CT molecular complexity index is 599. The van der Waals surface area contributed by atoms with Crippen LogP contribution < -0.4 is 5.32 Å². The van der Waals surface area contributed by atoms with Crippen molar-refractivity contribution in [2.75, 3.05) is 19.8 Å². The number of nitrogens with one attached hydrogen (secondary N) is 1. The Balaban J connectivity index is 0.0000168. The van der Waals surface area contributed by atoms with E-state index < -0.39 is 0 Å². The minimum atomic E-state index is -0.0984. The summed E-state index contributed by atoms with van der Waals surface area (Å²) in [5.74, 6) is 0.217. The molecule has 252 valence electrons. The molecule has 1 aliphatic heterocycles. The minimum Gasteiger partial charge on any atom is -0.376 e. The van der Waals surface area contributed by atoms with E-state index >= 15 is 0 Å². The van der Waals surface area contributed by atoms with Gasteiger partial charge in [-0.3, -0.25) is 4.79 Å². The monoisotopic (exact) mass is 600 g/mol. The number of ether oxygens (including phenoxy) is 4. The molecule has 0 spiro atoms. The summed E-state index contributed by atoms with van der Waals surface area (Å²) < 4.78 is 24.4. The average molecular weight is 600 g/mol. The van der Waals surface area contributed by atoms with E-state index in [0.29, 0.717) is 19.6 Å². The van der Waals surface area contributed by atoms with Gasteiger partial charge in [-0.15, -0.1) is 0 Å². The van der Waals surface area contributed by atoms with Gasteiger partial charge in [-0.25, -0.2) is 0 Å². The molecule has 4 atom stereocenters. The lowest BCUT2D eigenvalue weighted by molar-refractivity contribution is -0.121. The predicted octanol–water partition coefficient (Wildman–Crippen LogP) is 9.56. The highest BCUT2D eigenvalue weighted by atomic mass is 16.6. The van der Waals surface area contributed by atoms with E-state index in [1.165, 1.54) is 83.5 Å². The Morgan fingerprint density at radius 3 is 1.79 bits per heavy atom. The number of hydrogen-bond acceptors (Lipinski definition) is 5. The molecule has 0 aliphatic carbocycles. The van der Waals surface area contributed by atoms with Crippen LogP contribution in [0, 0.1) is 0 Å². The number of hydrogen-bond donors (Lipinski definition) is 1. The zero-order valence-electron chi connectivity index (χ0n) is 28.1. The third-order valence-corrected chi connectivity index (χ3v) is 8.03. The Morgan fingerprint density at radius 2 is 1.24 bits per heavy atom. The minimum absolute atomic E-state index is 0. The van der Waals surface area contributed by atoms with Gasteiger partial charge >= 0.3 is 0 Å². The van der Waals surface area contributed by atoms with Crippen molar-refractivity contribution in [3.63, 3.8) is 0 Å². The topological polar surface area (TPSA) is 66.0 Å². The molecule has 1 unspecified atom stereocenters. The van der Waals surface area contributed by atoms with Crippen molar-refractivity contribution in [2.24, 2.45) is 0 Å². The van der Waals surface area contributed by atoms with Gasteiger partial charge in [0.25, 0.3) is 0 Å². The van der Waals surface area contributed by atoms with Gasteiger partial charge in [0, 0.05) is 19.6 Å². The normalized spacial score (nSPS) is 20.4. The molecular formula is C36H73NO5. The third kappa shape index (κ3) is 21.9. The van der Waals surface area contributed by atoms with Gasteiger partial charge in [-0.1, -0.05) is 111 Å². The van der Waals surface area contributed by atoms with Crippen LogP contribution in [-0.4, -0.2) is 62.3 Å². The molecule has 0 saturated carbocycles. The molecule has 0 aromatic rings. The third-order valence-electron chi connectivity index (χ3n) is 8.03. The highest BCUT2D eigenvalue weighted by molar-refractivity contribution is 5.75. The number of unbranched alkanes of at least 4 members (excludes halogenated alkanes) is 16. The first kappa shape index (κ1) is 41.3. The fourth-order valence-electron chi connectivity index (χ4n) is 5.64. The van der Waals surface area contributed by atoms with Gasteiger partial charge in [0.05, 0.1) is 24.9 Å². The predicted molar refractivity (Wildman–Crippen MR) is 178 cm³/mol. The lowest BCUT2D eigenvalue weighted by Crippen LogP contribution is -2.40. The molecule has 6 heteroatoms. The SMILES string of the molecule is C.CCCCCCCCCCCCCCCCC(=O)NCCCCCCO[C@H]1[C@H](C)OC(COC(C)C)[C@H]1OC(C)C. The largest absolute Gasteiger partial charge is 0.376 e. The fourth-order valence-corrected chi connectivity index (χ4v) is 5.64. The first-order chi connectivity index (χ1) is 19.8. The number of amides is 1. The van der Waals surface area contributed by atoms with E-state index in [9.17, 15) is 4.79 Å². The van der Waals surface area contributed by atoms with Gasteiger partial charge in [0.15, 0.2) is 0 Å². The summed E-state index contributed by atoms with van der Waals surface area (Å²) in [5, 5.41) is 3.10. The van der Waals surface area contributed by atoms with E-state index in [0.717, 1.165) is 38.6 Å². The van der Waals surface area contributed by atoms with E-state index in [2.05, 4.69) is 33.0 Å². The van der Waals surface area contributed by atoms with Crippen LogP contribution in [-0.2, 0) is 23.7 Å². The lowest BCUT2D eigenvalue weighted by atomic mass is 10.0. The van der Waals surface area contributed by atoms with E-state index in [-0.39, 0.29) is 50.0 Å². The van der Waals surface area contributed by atoms with E-state index in [4.69, 9.17) is 18.9 Å². The summed E-state index contributed by atoms with van der Waals surface area (Å²) in [6.45, 7) is 14.6. The summed E-state index contributed by atoms with van der Waals surface area (Å²) in [5.41, 5.74) is 0. The average Bonchev–Trinajstić information content (AvgIpc) is 3.22. The van der Waals surface area contributed by atoms with Crippen LogP contribution in [0.2, 0.25) is 0 Å². The van der Waals surface area contributed by atoms with Gasteiger partial charge in [-0.2, -0.15) is 0 Å². The van der Waals surface area contributed by atoms with Crippen molar-refractivity contribution >= 4 is 5.91 Å². The molecule has 1 N–H and O–H groups in total. The van der Waals surface area contributed by atoms with Gasteiger partial charge < -0.3 is 24.3 Å². The van der Waals surface area contributed by atoms with Crippen molar-refractivity contribution in [2.45, 2.75) is 208 Å². The number of carbonyl (C=O) groups excluding carboxylic acids is 1. The molecule has 6 nitrogen and oxygen atoms in total. The Labute approximate surface area is 262 Å². The smallest absolute Gasteiger partial charge is 0.219 e. The number of rotatable bonds is 28. The lowest BCUT2D eigenvalue weighted by Gasteiger charge is -2.26. The summed E-state index contributed by atoms with van der Waals surface area (Å²) in [6, 6.07) is 0. The first-order valence-electron chi connectivity index (χ1n) is 17.7. The van der Waals surface area contributed by atoms with Crippen LogP contribution in [0.15, 0.2) is 0 Å². The maximum atomic E-state index is 12.1. The maximum absolute atomic E-state index is 12.1. The molecule has 0 aromatic carbocycles. The molecule has 1 heterocycles. The number of carbonyl (C=O) groups is 1. The van der Waals surface area contributed by atoms with Gasteiger partial charge in [0.2, 0.25) is 5.91 Å². The summed E-state index contributed by atoms with van der Waals surface area (Å²) in [7, 11) is 0. The van der Waals surface area contributed by atoms with Crippen molar-refractivity contribution < 1.29 is 23.7 Å². The van der Waals surface area contributed by atoms with Crippen molar-refractivity contribution in [1.82, 2.24) is 5.32 Å². The molecule has 1 saturated heterocycles. The van der Waals surface area contributed by atoms with Crippen LogP contribution >= 0.6 is 0 Å². The van der Waals surface area contributed by atoms with Crippen LogP contribution in [0.1, 0.15) is 171 Å². The molecule has 1 fully saturated rings. The Kier molecular flexibility index (Phi) is 27.4. The fraction of sp³-hybridized carbons (Fsp3) is 0.972. The highest BCUT2D eigenvalue weighted by Crippen LogP contribution is 2.28. The molecule has 1 amide bonds. The van der Waals surface area contributed by atoms with Gasteiger partial charge in [0.1, 0.15) is 18.3 Å². The second-order valence-electron chi connectivity index (χ2n) is 12.9. The quantitative estimate of drug-likeness (QED) is 0.0907. The van der Waals surface area contributed by atoms with Crippen LogP contribution in [0.4, 0.5) is 0 Å². The van der Waals surface area contributed by atoms with Crippen molar-refractivity contribution in [3.05, 3.63) is 0 Å². The van der Waals surface area contributed by atoms with E-state index in [1.807, 2.05) is 13.8 Å². The standard InChI is InChI=1S/C35H69NO5.CH4/c1-7-8-9-10-11-12-13-14-15-16-17-18-19-22-25-33(37)36-26-23-20-21-24-27-38-34-31(6)41-32(28-39-29(2)3)35(34)40-30(4)5;/h29-32,34-35H,7-28H2,1-6H3,(H,36,37);1H4/t31-,32?,34-,35+;/m0./s1. The van der Waals surface area contributed by atoms with Crippen LogP contribution in [0.25, 0.3) is 0 Å². The maximum Gasteiger partial charge on any atom is 0.219 e. The van der Waals surface area contributed by atoms with Crippen LogP contribution in [0.5, 0.6) is 0 Å². The van der Waals surface area contributed by atoms with Crippen LogP contribution in [0.3, 0.4) is 0 Å². The second-order valence-corrected chi connectivity index (χ2v) is 12.9. The van der Waals surface area contributed by atoms with Crippen molar-refractivity contribution in [3.8, 4) is 0 Å². The zero-order valence-corrected chi connectivity index (χ0v) is 28.1. The molecule has 0 radical (unpaired) electrons. The molecule has 0 aromatic heterocycles. The zero-order chi connectivity index (χ0) is 30.1. The molecule has 0 bridgehead atoms. The van der Waals surface area contributed by atoms with Gasteiger partial charge in [-0.05, 0) is 53.9 Å². The second kappa shape index (κ2) is 27.8. The summed E-state index contributed by atoms with van der Waals surface area (Å²) in [6.07, 6.45) is 23.8.